The van der Waals surface area contributed by atoms with E-state index in [4.69, 9.17) is 0 Å². The smallest absolute Gasteiger partial charge is 0.308 e. The van der Waals surface area contributed by atoms with Crippen molar-refractivity contribution in [3.8, 4) is 0 Å². The highest BCUT2D eigenvalue weighted by Gasteiger charge is 2.33. The highest BCUT2D eigenvalue weighted by Crippen LogP contribution is 2.32. The molecule has 1 heterocycles. The van der Waals surface area contributed by atoms with Crippen LogP contribution in [0.4, 0.5) is 13.2 Å². The summed E-state index contributed by atoms with van der Waals surface area (Å²) in [7, 11) is 0. The zero-order chi connectivity index (χ0) is 12.5. The molecule has 1 saturated carbocycles. The summed E-state index contributed by atoms with van der Waals surface area (Å²) in [5.41, 5.74) is -0.415. The van der Waals surface area contributed by atoms with Gasteiger partial charge in [-0.1, -0.05) is 0 Å². The van der Waals surface area contributed by atoms with Crippen molar-refractivity contribution in [1.82, 2.24) is 15.5 Å². The van der Waals surface area contributed by atoms with Crippen LogP contribution in [-0.2, 0) is 12.7 Å². The Bertz CT molecular complexity index is 371. The van der Waals surface area contributed by atoms with Gasteiger partial charge in [0, 0.05) is 12.6 Å². The lowest BCUT2D eigenvalue weighted by Gasteiger charge is -2.12. The normalized spacial score (nSPS) is 18.1. The molecule has 3 nitrogen and oxygen atoms in total. The summed E-state index contributed by atoms with van der Waals surface area (Å²) in [6.07, 6.45) is -1.96. The van der Waals surface area contributed by atoms with Crippen LogP contribution < -0.4 is 5.32 Å². The first-order valence-electron chi connectivity index (χ1n) is 5.60. The van der Waals surface area contributed by atoms with Crippen molar-refractivity contribution in [2.45, 2.75) is 38.5 Å². The Balaban J connectivity index is 1.89. The minimum atomic E-state index is -4.42. The second-order valence-electron chi connectivity index (χ2n) is 4.41. The molecule has 0 spiro atoms. The molecule has 1 fully saturated rings. The monoisotopic (exact) mass is 245 g/mol. The maximum Gasteiger partial charge on any atom is 0.435 e. The molecule has 1 aromatic heterocycles. The maximum absolute atomic E-state index is 12.2. The number of nitrogens with zero attached hydrogens (tertiary/aromatic N) is 2. The summed E-state index contributed by atoms with van der Waals surface area (Å²) in [5.74, 6) is 0.706. The summed E-state index contributed by atoms with van der Waals surface area (Å²) in [6, 6.07) is 2.72. The van der Waals surface area contributed by atoms with Gasteiger partial charge in [0.15, 0.2) is 5.69 Å². The van der Waals surface area contributed by atoms with Crippen molar-refractivity contribution in [1.29, 1.82) is 0 Å². The lowest BCUT2D eigenvalue weighted by molar-refractivity contribution is -0.141. The molecule has 0 aromatic carbocycles. The molecule has 0 unspecified atom stereocenters. The van der Waals surface area contributed by atoms with E-state index in [-0.39, 0.29) is 0 Å². The Morgan fingerprint density at radius 3 is 2.53 bits per heavy atom. The predicted molar refractivity (Wildman–Crippen MR) is 56.1 cm³/mol. The highest BCUT2D eigenvalue weighted by molar-refractivity contribution is 5.09. The van der Waals surface area contributed by atoms with Gasteiger partial charge in [-0.15, -0.1) is 5.10 Å². The van der Waals surface area contributed by atoms with Gasteiger partial charge in [0.25, 0.3) is 0 Å². The zero-order valence-corrected chi connectivity index (χ0v) is 9.46. The zero-order valence-electron chi connectivity index (χ0n) is 9.46. The van der Waals surface area contributed by atoms with Crippen LogP contribution in [-0.4, -0.2) is 16.2 Å². The molecule has 94 valence electrons. The summed E-state index contributed by atoms with van der Waals surface area (Å²) < 4.78 is 36.7. The molecule has 1 atom stereocenters. The highest BCUT2D eigenvalue weighted by atomic mass is 19.4. The molecule has 1 aliphatic rings. The molecular weight excluding hydrogens is 231 g/mol. The van der Waals surface area contributed by atoms with Gasteiger partial charge in [-0.25, -0.2) is 0 Å². The predicted octanol–water partition coefficient (Wildman–Crippen LogP) is 2.38. The second-order valence-corrected chi connectivity index (χ2v) is 4.41. The molecule has 6 heteroatoms. The van der Waals surface area contributed by atoms with Crippen LogP contribution in [0.1, 0.15) is 31.2 Å². The van der Waals surface area contributed by atoms with Crippen molar-refractivity contribution >= 4 is 0 Å². The van der Waals surface area contributed by atoms with Gasteiger partial charge in [-0.05, 0) is 37.8 Å². The number of aromatic nitrogens is 2. The largest absolute Gasteiger partial charge is 0.435 e. The molecule has 0 saturated heterocycles. The van der Waals surface area contributed by atoms with Crippen molar-refractivity contribution < 1.29 is 13.2 Å². The van der Waals surface area contributed by atoms with E-state index in [1.54, 1.807) is 0 Å². The first-order chi connectivity index (χ1) is 7.97. The van der Waals surface area contributed by atoms with Crippen LogP contribution in [0, 0.1) is 5.92 Å². The van der Waals surface area contributed by atoms with Gasteiger partial charge in [-0.2, -0.15) is 18.3 Å². The van der Waals surface area contributed by atoms with Crippen LogP contribution >= 0.6 is 0 Å². The van der Waals surface area contributed by atoms with E-state index in [1.165, 1.54) is 18.9 Å². The summed E-state index contributed by atoms with van der Waals surface area (Å²) in [6.45, 7) is 2.54. The SMILES string of the molecule is C[C@@H](NCc1ccc(C(F)(F)F)nn1)C1CC1. The van der Waals surface area contributed by atoms with Crippen molar-refractivity contribution in [3.05, 3.63) is 23.5 Å². The number of alkyl halides is 3. The minimum Gasteiger partial charge on any atom is -0.308 e. The van der Waals surface area contributed by atoms with Gasteiger partial charge >= 0.3 is 6.18 Å². The Labute approximate surface area is 97.4 Å². The van der Waals surface area contributed by atoms with Gasteiger partial charge in [0.2, 0.25) is 0 Å². The fraction of sp³-hybridized carbons (Fsp3) is 0.636. The number of hydrogen-bond acceptors (Lipinski definition) is 3. The third kappa shape index (κ3) is 3.39. The average Bonchev–Trinajstić information content (AvgIpc) is 3.09. The third-order valence-electron chi connectivity index (χ3n) is 2.94. The molecule has 2 rings (SSSR count). The van der Waals surface area contributed by atoms with Crippen LogP contribution in [0.25, 0.3) is 0 Å². The van der Waals surface area contributed by atoms with E-state index in [2.05, 4.69) is 22.4 Å². The molecule has 1 N–H and O–H groups in total. The van der Waals surface area contributed by atoms with Crippen LogP contribution in [0.15, 0.2) is 12.1 Å². The Hall–Kier alpha value is -1.17. The second kappa shape index (κ2) is 4.60. The van der Waals surface area contributed by atoms with E-state index >= 15 is 0 Å². The van der Waals surface area contributed by atoms with Gasteiger partial charge < -0.3 is 5.32 Å². The van der Waals surface area contributed by atoms with E-state index in [0.29, 0.717) is 24.2 Å². The number of nitrogens with one attached hydrogen (secondary N) is 1. The van der Waals surface area contributed by atoms with Crippen LogP contribution in [0.5, 0.6) is 0 Å². The Morgan fingerprint density at radius 1 is 1.35 bits per heavy atom. The average molecular weight is 245 g/mol. The lowest BCUT2D eigenvalue weighted by atomic mass is 10.2. The van der Waals surface area contributed by atoms with Crippen LogP contribution in [0.3, 0.4) is 0 Å². The van der Waals surface area contributed by atoms with E-state index in [1.807, 2.05) is 0 Å². The van der Waals surface area contributed by atoms with E-state index in [0.717, 1.165) is 6.07 Å². The van der Waals surface area contributed by atoms with E-state index in [9.17, 15) is 13.2 Å². The molecule has 1 aliphatic carbocycles. The van der Waals surface area contributed by atoms with Crippen molar-refractivity contribution in [2.75, 3.05) is 0 Å². The maximum atomic E-state index is 12.2. The molecule has 0 aliphatic heterocycles. The van der Waals surface area contributed by atoms with Gasteiger partial charge in [0.05, 0.1) is 5.69 Å². The number of halogens is 3. The first kappa shape index (κ1) is 12.3. The third-order valence-corrected chi connectivity index (χ3v) is 2.94. The topological polar surface area (TPSA) is 37.8 Å². The van der Waals surface area contributed by atoms with E-state index < -0.39 is 11.9 Å². The Kier molecular flexibility index (Phi) is 3.33. The number of rotatable bonds is 4. The summed E-state index contributed by atoms with van der Waals surface area (Å²) >= 11 is 0. The van der Waals surface area contributed by atoms with Gasteiger partial charge in [0.1, 0.15) is 0 Å². The molecule has 17 heavy (non-hydrogen) atoms. The lowest BCUT2D eigenvalue weighted by Crippen LogP contribution is -2.27. The van der Waals surface area contributed by atoms with Crippen molar-refractivity contribution in [2.24, 2.45) is 5.92 Å². The first-order valence-corrected chi connectivity index (χ1v) is 5.60. The molecule has 0 radical (unpaired) electrons. The van der Waals surface area contributed by atoms with Crippen molar-refractivity contribution in [3.63, 3.8) is 0 Å². The molecular formula is C11H14F3N3. The molecule has 0 bridgehead atoms. The summed E-state index contributed by atoms with van der Waals surface area (Å²) in [4.78, 5) is 0. The summed E-state index contributed by atoms with van der Waals surface area (Å²) in [5, 5.41) is 9.97. The Morgan fingerprint density at radius 2 is 2.06 bits per heavy atom. The molecule has 0 amide bonds. The fourth-order valence-corrected chi connectivity index (χ4v) is 1.63. The van der Waals surface area contributed by atoms with Crippen LogP contribution in [0.2, 0.25) is 0 Å². The standard InChI is InChI=1S/C11H14F3N3/c1-7(8-2-3-8)15-6-9-4-5-10(17-16-9)11(12,13)14/h4-5,7-8,15H,2-3,6H2,1H3/t7-/m1/s1. The number of hydrogen-bond donors (Lipinski definition) is 1. The molecule has 1 aromatic rings. The fourth-order valence-electron chi connectivity index (χ4n) is 1.63. The quantitative estimate of drug-likeness (QED) is 0.885. The minimum absolute atomic E-state index is 0.388. The van der Waals surface area contributed by atoms with Gasteiger partial charge in [-0.3, -0.25) is 0 Å².